The fraction of sp³-hybridized carbons (Fsp3) is 0.333. The van der Waals surface area contributed by atoms with E-state index in [1.807, 2.05) is 12.2 Å². The van der Waals surface area contributed by atoms with Gasteiger partial charge in [0.1, 0.15) is 0 Å². The van der Waals surface area contributed by atoms with Crippen LogP contribution >= 0.6 is 0 Å². The zero-order chi connectivity index (χ0) is 12.7. The number of aliphatic hydroxyl groups is 1. The molecule has 1 aromatic rings. The van der Waals surface area contributed by atoms with E-state index in [1.54, 1.807) is 6.92 Å². The van der Waals surface area contributed by atoms with Gasteiger partial charge in [-0.15, -0.1) is 13.2 Å². The molecule has 1 atom stereocenters. The largest absolute Gasteiger partial charge is 0.393 e. The van der Waals surface area contributed by atoms with Crippen molar-refractivity contribution in [2.45, 2.75) is 19.4 Å². The number of hydrogen-bond donors (Lipinski definition) is 1. The van der Waals surface area contributed by atoms with Gasteiger partial charge in [0.15, 0.2) is 0 Å². The fourth-order valence-electron chi connectivity index (χ4n) is 1.78. The Morgan fingerprint density at radius 2 is 1.71 bits per heavy atom. The molecule has 1 unspecified atom stereocenters. The molecule has 92 valence electrons. The normalized spacial score (nSPS) is 11.9. The molecule has 1 aromatic carbocycles. The first kappa shape index (κ1) is 13.5. The maximum atomic E-state index is 9.32. The van der Waals surface area contributed by atoms with Crippen LogP contribution in [-0.2, 0) is 6.42 Å². The fourth-order valence-corrected chi connectivity index (χ4v) is 1.78. The van der Waals surface area contributed by atoms with E-state index in [0.717, 1.165) is 24.3 Å². The zero-order valence-electron chi connectivity index (χ0n) is 10.5. The average Bonchev–Trinajstić information content (AvgIpc) is 2.29. The zero-order valence-corrected chi connectivity index (χ0v) is 10.5. The summed E-state index contributed by atoms with van der Waals surface area (Å²) >= 11 is 0. The van der Waals surface area contributed by atoms with Gasteiger partial charge in [-0.1, -0.05) is 24.3 Å². The Labute approximate surface area is 104 Å². The molecular weight excluding hydrogens is 210 g/mol. The van der Waals surface area contributed by atoms with Crippen LogP contribution < -0.4 is 4.90 Å². The summed E-state index contributed by atoms with van der Waals surface area (Å²) in [5, 5.41) is 9.32. The lowest BCUT2D eigenvalue weighted by Crippen LogP contribution is -2.22. The number of hydrogen-bond acceptors (Lipinski definition) is 2. The highest BCUT2D eigenvalue weighted by Crippen LogP contribution is 2.16. The summed E-state index contributed by atoms with van der Waals surface area (Å²) in [4.78, 5) is 2.19. The number of rotatable bonds is 7. The highest BCUT2D eigenvalue weighted by Gasteiger charge is 2.03. The van der Waals surface area contributed by atoms with Crippen LogP contribution in [0.25, 0.3) is 0 Å². The lowest BCUT2D eigenvalue weighted by molar-refractivity contribution is 0.195. The van der Waals surface area contributed by atoms with Crippen LogP contribution in [0.1, 0.15) is 12.5 Å². The van der Waals surface area contributed by atoms with Crippen LogP contribution in [0.5, 0.6) is 0 Å². The first-order valence-electron chi connectivity index (χ1n) is 5.91. The summed E-state index contributed by atoms with van der Waals surface area (Å²) in [5.74, 6) is 0. The Morgan fingerprint density at radius 3 is 2.12 bits per heavy atom. The molecule has 0 heterocycles. The number of aliphatic hydroxyl groups excluding tert-OH is 1. The molecule has 0 amide bonds. The summed E-state index contributed by atoms with van der Waals surface area (Å²) in [5.41, 5.74) is 2.31. The smallest absolute Gasteiger partial charge is 0.0552 e. The second-order valence-electron chi connectivity index (χ2n) is 4.20. The van der Waals surface area contributed by atoms with Crippen molar-refractivity contribution in [3.63, 3.8) is 0 Å². The van der Waals surface area contributed by atoms with E-state index in [2.05, 4.69) is 42.3 Å². The minimum atomic E-state index is -0.293. The van der Waals surface area contributed by atoms with E-state index in [4.69, 9.17) is 0 Å². The quantitative estimate of drug-likeness (QED) is 0.729. The standard InChI is InChI=1S/C15H21NO/c1-4-10-16(11-5-2)15-8-6-14(7-9-15)12-13(3)17/h4-9,13,17H,1-2,10-12H2,3H3. The van der Waals surface area contributed by atoms with Crippen LogP contribution in [0.4, 0.5) is 5.69 Å². The summed E-state index contributed by atoms with van der Waals surface area (Å²) in [6.07, 6.45) is 4.17. The summed E-state index contributed by atoms with van der Waals surface area (Å²) in [6, 6.07) is 8.26. The summed E-state index contributed by atoms with van der Waals surface area (Å²) < 4.78 is 0. The van der Waals surface area contributed by atoms with Gasteiger partial charge in [0.2, 0.25) is 0 Å². The molecular formula is C15H21NO. The van der Waals surface area contributed by atoms with Crippen molar-refractivity contribution in [3.05, 3.63) is 55.1 Å². The molecule has 2 heteroatoms. The second kappa shape index (κ2) is 6.92. The van der Waals surface area contributed by atoms with Crippen LogP contribution in [0.2, 0.25) is 0 Å². The van der Waals surface area contributed by atoms with Crippen LogP contribution in [0.3, 0.4) is 0 Å². The highest BCUT2D eigenvalue weighted by atomic mass is 16.3. The Kier molecular flexibility index (Phi) is 5.50. The summed E-state index contributed by atoms with van der Waals surface area (Å²) in [7, 11) is 0. The lowest BCUT2D eigenvalue weighted by atomic mass is 10.1. The maximum absolute atomic E-state index is 9.32. The van der Waals surface area contributed by atoms with Gasteiger partial charge >= 0.3 is 0 Å². The molecule has 17 heavy (non-hydrogen) atoms. The topological polar surface area (TPSA) is 23.5 Å². The first-order chi connectivity index (χ1) is 8.17. The van der Waals surface area contributed by atoms with Gasteiger partial charge in [0, 0.05) is 18.8 Å². The molecule has 1 N–H and O–H groups in total. The van der Waals surface area contributed by atoms with Gasteiger partial charge in [-0.3, -0.25) is 0 Å². The van der Waals surface area contributed by atoms with Gasteiger partial charge in [-0.25, -0.2) is 0 Å². The van der Waals surface area contributed by atoms with Crippen molar-refractivity contribution in [2.75, 3.05) is 18.0 Å². The number of anilines is 1. The Morgan fingerprint density at radius 1 is 1.18 bits per heavy atom. The second-order valence-corrected chi connectivity index (χ2v) is 4.20. The predicted octanol–water partition coefficient (Wildman–Crippen LogP) is 2.79. The van der Waals surface area contributed by atoms with Gasteiger partial charge < -0.3 is 10.0 Å². The van der Waals surface area contributed by atoms with Crippen LogP contribution in [0.15, 0.2) is 49.6 Å². The third kappa shape index (κ3) is 4.45. The Bertz CT molecular complexity index is 344. The van der Waals surface area contributed by atoms with Gasteiger partial charge in [-0.05, 0) is 31.0 Å². The molecule has 0 bridgehead atoms. The Hall–Kier alpha value is -1.54. The predicted molar refractivity (Wildman–Crippen MR) is 74.4 cm³/mol. The third-order valence-electron chi connectivity index (χ3n) is 2.53. The highest BCUT2D eigenvalue weighted by molar-refractivity contribution is 5.48. The van der Waals surface area contributed by atoms with Crippen LogP contribution in [0, 0.1) is 0 Å². The lowest BCUT2D eigenvalue weighted by Gasteiger charge is -2.21. The number of benzene rings is 1. The third-order valence-corrected chi connectivity index (χ3v) is 2.53. The van der Waals surface area contributed by atoms with Gasteiger partial charge in [0.25, 0.3) is 0 Å². The molecule has 1 rings (SSSR count). The first-order valence-corrected chi connectivity index (χ1v) is 5.91. The molecule has 0 fully saturated rings. The van der Waals surface area contributed by atoms with Crippen molar-refractivity contribution >= 4 is 5.69 Å². The molecule has 0 spiro atoms. The monoisotopic (exact) mass is 231 g/mol. The van der Waals surface area contributed by atoms with Crippen LogP contribution in [-0.4, -0.2) is 24.3 Å². The van der Waals surface area contributed by atoms with Crippen molar-refractivity contribution in [3.8, 4) is 0 Å². The van der Waals surface area contributed by atoms with Crippen molar-refractivity contribution in [1.29, 1.82) is 0 Å². The molecule has 0 aliphatic heterocycles. The van der Waals surface area contributed by atoms with E-state index in [9.17, 15) is 5.11 Å². The van der Waals surface area contributed by atoms with Gasteiger partial charge in [-0.2, -0.15) is 0 Å². The molecule has 0 aliphatic rings. The van der Waals surface area contributed by atoms with Crippen molar-refractivity contribution in [2.24, 2.45) is 0 Å². The minimum Gasteiger partial charge on any atom is -0.393 e. The van der Waals surface area contributed by atoms with Crippen molar-refractivity contribution < 1.29 is 5.11 Å². The van der Waals surface area contributed by atoms with E-state index >= 15 is 0 Å². The Balaban J connectivity index is 2.76. The van der Waals surface area contributed by atoms with E-state index in [-0.39, 0.29) is 6.10 Å². The van der Waals surface area contributed by atoms with Crippen molar-refractivity contribution in [1.82, 2.24) is 0 Å². The molecule has 0 radical (unpaired) electrons. The average molecular weight is 231 g/mol. The molecule has 0 aliphatic carbocycles. The molecule has 2 nitrogen and oxygen atoms in total. The van der Waals surface area contributed by atoms with Gasteiger partial charge in [0.05, 0.1) is 6.10 Å². The molecule has 0 aromatic heterocycles. The molecule has 0 saturated carbocycles. The SMILES string of the molecule is C=CCN(CC=C)c1ccc(CC(C)O)cc1. The van der Waals surface area contributed by atoms with E-state index in [1.165, 1.54) is 0 Å². The molecule has 0 saturated heterocycles. The minimum absolute atomic E-state index is 0.293. The van der Waals surface area contributed by atoms with E-state index in [0.29, 0.717) is 6.42 Å². The summed E-state index contributed by atoms with van der Waals surface area (Å²) in [6.45, 7) is 10.9. The van der Waals surface area contributed by atoms with E-state index < -0.39 is 0 Å². The maximum Gasteiger partial charge on any atom is 0.0552 e. The number of nitrogens with zero attached hydrogens (tertiary/aromatic N) is 1.